The highest BCUT2D eigenvalue weighted by Crippen LogP contribution is 2.44. The molecular formula is C23H31ClN2O3Si. The van der Waals surface area contributed by atoms with Crippen LogP contribution in [-0.4, -0.2) is 31.9 Å². The van der Waals surface area contributed by atoms with Crippen molar-refractivity contribution >= 4 is 25.6 Å². The lowest BCUT2D eigenvalue weighted by Crippen LogP contribution is -2.42. The minimum absolute atomic E-state index is 0.0268. The van der Waals surface area contributed by atoms with Crippen molar-refractivity contribution in [2.75, 3.05) is 14.2 Å². The Morgan fingerprint density at radius 1 is 1.10 bits per heavy atom. The molecule has 7 heteroatoms. The predicted molar refractivity (Wildman–Crippen MR) is 124 cm³/mol. The van der Waals surface area contributed by atoms with Crippen molar-refractivity contribution in [3.05, 3.63) is 59.5 Å². The Morgan fingerprint density at radius 2 is 1.83 bits per heavy atom. The van der Waals surface area contributed by atoms with Gasteiger partial charge in [-0.15, -0.1) is 11.6 Å². The highest BCUT2D eigenvalue weighted by Gasteiger charge is 2.41. The maximum Gasteiger partial charge on any atom is 0.193 e. The fourth-order valence-corrected chi connectivity index (χ4v) is 4.60. The molecule has 1 unspecified atom stereocenters. The van der Waals surface area contributed by atoms with Gasteiger partial charge in [0.15, 0.2) is 8.32 Å². The lowest BCUT2D eigenvalue weighted by atomic mass is 10.0. The first-order valence-corrected chi connectivity index (χ1v) is 13.5. The van der Waals surface area contributed by atoms with Gasteiger partial charge in [-0.2, -0.15) is 0 Å². The Hall–Kier alpha value is -2.02. The fourth-order valence-electron chi connectivity index (χ4n) is 3.22. The van der Waals surface area contributed by atoms with Crippen molar-refractivity contribution in [2.45, 2.75) is 50.9 Å². The average molecular weight is 447 g/mol. The minimum Gasteiger partial charge on any atom is -0.497 e. The van der Waals surface area contributed by atoms with Crippen LogP contribution in [0.3, 0.4) is 0 Å². The fraction of sp³-hybridized carbons (Fsp3) is 0.435. The number of fused-ring (bicyclic) bond motifs is 1. The summed E-state index contributed by atoms with van der Waals surface area (Å²) in [6.45, 7) is 11.2. The normalized spacial score (nSPS) is 13.5. The number of nitrogens with zero attached hydrogens (tertiary/aromatic N) is 2. The summed E-state index contributed by atoms with van der Waals surface area (Å²) in [5.41, 5.74) is 3.47. The highest BCUT2D eigenvalue weighted by atomic mass is 35.5. The summed E-state index contributed by atoms with van der Waals surface area (Å²) in [4.78, 5) is 4.76. The molecule has 2 aromatic heterocycles. The number of halogens is 1. The molecule has 2 heterocycles. The van der Waals surface area contributed by atoms with Crippen molar-refractivity contribution < 1.29 is 13.9 Å². The molecule has 1 atom stereocenters. The van der Waals surface area contributed by atoms with E-state index in [2.05, 4.69) is 38.3 Å². The summed E-state index contributed by atoms with van der Waals surface area (Å²) in [6.07, 6.45) is 1.60. The van der Waals surface area contributed by atoms with E-state index in [0.717, 1.165) is 34.1 Å². The lowest BCUT2D eigenvalue weighted by Gasteiger charge is -2.39. The number of hydrogen-bond acceptors (Lipinski definition) is 4. The van der Waals surface area contributed by atoms with Gasteiger partial charge in [0.25, 0.3) is 0 Å². The summed E-state index contributed by atoms with van der Waals surface area (Å²) in [7, 11) is 1.16. The van der Waals surface area contributed by atoms with Gasteiger partial charge in [0.05, 0.1) is 31.5 Å². The van der Waals surface area contributed by atoms with Crippen LogP contribution in [0.15, 0.2) is 42.6 Å². The molecule has 0 N–H and O–H groups in total. The van der Waals surface area contributed by atoms with Crippen molar-refractivity contribution in [3.8, 4) is 11.5 Å². The van der Waals surface area contributed by atoms with E-state index in [0.29, 0.717) is 5.88 Å². The monoisotopic (exact) mass is 446 g/mol. The van der Waals surface area contributed by atoms with Crippen molar-refractivity contribution in [1.82, 2.24) is 9.38 Å². The number of alkyl halides is 1. The second-order valence-electron chi connectivity index (χ2n) is 8.87. The van der Waals surface area contributed by atoms with Crippen LogP contribution < -0.4 is 9.47 Å². The number of methoxy groups -OCH3 is 2. The van der Waals surface area contributed by atoms with Gasteiger partial charge in [0.2, 0.25) is 0 Å². The van der Waals surface area contributed by atoms with Crippen molar-refractivity contribution in [1.29, 1.82) is 0 Å². The number of ether oxygens (including phenoxy) is 2. The average Bonchev–Trinajstić information content (AvgIpc) is 3.09. The van der Waals surface area contributed by atoms with Crippen molar-refractivity contribution in [3.63, 3.8) is 0 Å². The minimum atomic E-state index is -2.17. The zero-order valence-electron chi connectivity index (χ0n) is 18.8. The van der Waals surface area contributed by atoms with E-state index in [1.807, 2.05) is 42.6 Å². The van der Waals surface area contributed by atoms with Gasteiger partial charge in [-0.25, -0.2) is 4.98 Å². The van der Waals surface area contributed by atoms with Crippen LogP contribution in [0.1, 0.15) is 43.8 Å². The summed E-state index contributed by atoms with van der Waals surface area (Å²) < 4.78 is 20.3. The van der Waals surface area contributed by atoms with Crippen LogP contribution in [0, 0.1) is 0 Å². The van der Waals surface area contributed by atoms with Gasteiger partial charge >= 0.3 is 0 Å². The van der Waals surface area contributed by atoms with E-state index < -0.39 is 14.4 Å². The Labute approximate surface area is 185 Å². The summed E-state index contributed by atoms with van der Waals surface area (Å²) in [6, 6.07) is 11.7. The molecule has 0 aliphatic heterocycles. The number of benzene rings is 1. The Bertz CT molecular complexity index is 1030. The standard InChI is InChI=1S/C23H31ClN2O3Si/c1-23(2,3)30(6,7)29-22(17-14-16(27-4)11-12-19(17)28-5)21-18(15-24)25-20-10-8-9-13-26(20)21/h8-14,22H,15H2,1-7H3. The molecule has 0 saturated carbocycles. The predicted octanol–water partition coefficient (Wildman–Crippen LogP) is 6.20. The molecule has 30 heavy (non-hydrogen) atoms. The maximum atomic E-state index is 7.01. The molecule has 0 saturated heterocycles. The van der Waals surface area contributed by atoms with Gasteiger partial charge in [0, 0.05) is 11.8 Å². The first-order valence-electron chi connectivity index (χ1n) is 10.0. The number of pyridine rings is 1. The molecule has 0 amide bonds. The molecule has 0 aliphatic rings. The van der Waals surface area contributed by atoms with E-state index in [4.69, 9.17) is 30.5 Å². The molecule has 162 valence electrons. The van der Waals surface area contributed by atoms with E-state index >= 15 is 0 Å². The van der Waals surface area contributed by atoms with Crippen LogP contribution in [0.4, 0.5) is 0 Å². The number of hydrogen-bond donors (Lipinski definition) is 0. The molecule has 0 bridgehead atoms. The van der Waals surface area contributed by atoms with Crippen LogP contribution in [0.25, 0.3) is 5.65 Å². The Kier molecular flexibility index (Phi) is 6.50. The summed E-state index contributed by atoms with van der Waals surface area (Å²) in [5.74, 6) is 1.78. The SMILES string of the molecule is COc1ccc(OC)c(C(O[Si](C)(C)C(C)(C)C)c2c(CCl)nc3ccccn23)c1. The third-order valence-corrected chi connectivity index (χ3v) is 10.6. The topological polar surface area (TPSA) is 45.0 Å². The number of aromatic nitrogens is 2. The first-order chi connectivity index (χ1) is 14.1. The lowest BCUT2D eigenvalue weighted by molar-refractivity contribution is 0.210. The van der Waals surface area contributed by atoms with Gasteiger partial charge < -0.3 is 18.3 Å². The second-order valence-corrected chi connectivity index (χ2v) is 13.9. The molecule has 3 rings (SSSR count). The van der Waals surface area contributed by atoms with Crippen LogP contribution in [0.2, 0.25) is 18.1 Å². The van der Waals surface area contributed by atoms with Crippen LogP contribution in [0.5, 0.6) is 11.5 Å². The van der Waals surface area contributed by atoms with Crippen LogP contribution in [-0.2, 0) is 10.3 Å². The molecule has 1 aromatic carbocycles. The maximum absolute atomic E-state index is 7.01. The summed E-state index contributed by atoms with van der Waals surface area (Å²) >= 11 is 6.35. The number of rotatable bonds is 7. The molecule has 5 nitrogen and oxygen atoms in total. The molecule has 0 radical (unpaired) electrons. The first kappa shape index (κ1) is 22.7. The quantitative estimate of drug-likeness (QED) is 0.320. The van der Waals surface area contributed by atoms with E-state index in [-0.39, 0.29) is 5.04 Å². The van der Waals surface area contributed by atoms with Crippen LogP contribution >= 0.6 is 11.6 Å². The third-order valence-electron chi connectivity index (χ3n) is 5.96. The Morgan fingerprint density at radius 3 is 2.43 bits per heavy atom. The molecule has 0 fully saturated rings. The van der Waals surface area contributed by atoms with Gasteiger partial charge in [-0.05, 0) is 48.5 Å². The molecule has 0 spiro atoms. The smallest absolute Gasteiger partial charge is 0.193 e. The zero-order chi connectivity index (χ0) is 22.1. The Balaban J connectivity index is 2.30. The number of imidazole rings is 1. The van der Waals surface area contributed by atoms with Gasteiger partial charge in [0.1, 0.15) is 23.3 Å². The van der Waals surface area contributed by atoms with Gasteiger partial charge in [-0.3, -0.25) is 0 Å². The van der Waals surface area contributed by atoms with E-state index in [1.54, 1.807) is 14.2 Å². The largest absolute Gasteiger partial charge is 0.497 e. The molecular weight excluding hydrogens is 416 g/mol. The highest BCUT2D eigenvalue weighted by molar-refractivity contribution is 6.74. The second kappa shape index (κ2) is 8.61. The zero-order valence-corrected chi connectivity index (χ0v) is 20.6. The summed E-state index contributed by atoms with van der Waals surface area (Å²) in [5, 5.41) is 0.0268. The van der Waals surface area contributed by atoms with E-state index in [9.17, 15) is 0 Å². The van der Waals surface area contributed by atoms with E-state index in [1.165, 1.54) is 0 Å². The molecule has 3 aromatic rings. The van der Waals surface area contributed by atoms with Crippen molar-refractivity contribution in [2.24, 2.45) is 0 Å². The third kappa shape index (κ3) is 4.22. The molecule has 0 aliphatic carbocycles. The van der Waals surface area contributed by atoms with Gasteiger partial charge in [-0.1, -0.05) is 26.8 Å².